The van der Waals surface area contributed by atoms with Crippen molar-refractivity contribution in [2.45, 2.75) is 6.92 Å². The van der Waals surface area contributed by atoms with Crippen LogP contribution in [0.3, 0.4) is 0 Å². The van der Waals surface area contributed by atoms with Crippen molar-refractivity contribution in [3.05, 3.63) is 38.8 Å². The molecule has 0 bridgehead atoms. The molecular weight excluding hydrogens is 293 g/mol. The van der Waals surface area contributed by atoms with Crippen molar-refractivity contribution in [3.8, 4) is 0 Å². The summed E-state index contributed by atoms with van der Waals surface area (Å²) in [6.45, 7) is 1.85. The summed E-state index contributed by atoms with van der Waals surface area (Å²) in [7, 11) is 0. The third-order valence-electron chi connectivity index (χ3n) is 2.18. The third kappa shape index (κ3) is 2.75. The Bertz CT molecular complexity index is 589. The van der Waals surface area contributed by atoms with E-state index in [2.05, 4.69) is 10.3 Å². The molecule has 0 spiro atoms. The van der Waals surface area contributed by atoms with Crippen LogP contribution in [0, 0.1) is 6.92 Å². The standard InChI is InChI=1S/C11H9Cl2N3OS/c1-5-4-18-11(15-5)16-10(17)6-2-7(12)9(14)8(13)3-6/h2-4H,14H2,1H3,(H,15,16,17). The number of benzene rings is 1. The highest BCUT2D eigenvalue weighted by Gasteiger charge is 2.12. The summed E-state index contributed by atoms with van der Waals surface area (Å²) in [5.74, 6) is -0.326. The number of nitrogens with two attached hydrogens (primary N) is 1. The zero-order chi connectivity index (χ0) is 13.3. The molecule has 2 rings (SSSR count). The van der Waals surface area contributed by atoms with Crippen LogP contribution in [0.25, 0.3) is 0 Å². The highest BCUT2D eigenvalue weighted by Crippen LogP contribution is 2.29. The molecule has 0 aliphatic carbocycles. The lowest BCUT2D eigenvalue weighted by molar-refractivity contribution is 0.102. The fourth-order valence-corrected chi connectivity index (χ4v) is 2.47. The molecule has 7 heteroatoms. The van der Waals surface area contributed by atoms with Gasteiger partial charge in [0.25, 0.3) is 5.91 Å². The second kappa shape index (κ2) is 5.14. The number of hydrogen-bond acceptors (Lipinski definition) is 4. The van der Waals surface area contributed by atoms with Gasteiger partial charge in [-0.25, -0.2) is 4.98 Å². The van der Waals surface area contributed by atoms with Gasteiger partial charge in [-0.1, -0.05) is 23.2 Å². The van der Waals surface area contributed by atoms with Crippen LogP contribution < -0.4 is 11.1 Å². The molecule has 0 aliphatic heterocycles. The van der Waals surface area contributed by atoms with Gasteiger partial charge in [-0.05, 0) is 19.1 Å². The zero-order valence-corrected chi connectivity index (χ0v) is 11.7. The van der Waals surface area contributed by atoms with E-state index in [1.807, 2.05) is 12.3 Å². The lowest BCUT2D eigenvalue weighted by atomic mass is 10.2. The highest BCUT2D eigenvalue weighted by atomic mass is 35.5. The monoisotopic (exact) mass is 301 g/mol. The lowest BCUT2D eigenvalue weighted by Gasteiger charge is -2.06. The molecule has 0 fully saturated rings. The van der Waals surface area contributed by atoms with Crippen molar-refractivity contribution in [2.24, 2.45) is 0 Å². The van der Waals surface area contributed by atoms with Crippen LogP contribution in [0.1, 0.15) is 16.1 Å². The van der Waals surface area contributed by atoms with Crippen LogP contribution in [-0.2, 0) is 0 Å². The predicted molar refractivity (Wildman–Crippen MR) is 75.7 cm³/mol. The van der Waals surface area contributed by atoms with Gasteiger partial charge in [0.1, 0.15) is 0 Å². The van der Waals surface area contributed by atoms with Crippen LogP contribution in [0.4, 0.5) is 10.8 Å². The first-order valence-corrected chi connectivity index (χ1v) is 6.59. The number of aryl methyl sites for hydroxylation is 1. The van der Waals surface area contributed by atoms with E-state index >= 15 is 0 Å². The fraction of sp³-hybridized carbons (Fsp3) is 0.0909. The molecule has 4 nitrogen and oxygen atoms in total. The maximum Gasteiger partial charge on any atom is 0.257 e. The van der Waals surface area contributed by atoms with Crippen molar-refractivity contribution >= 4 is 51.3 Å². The van der Waals surface area contributed by atoms with E-state index in [1.54, 1.807) is 0 Å². The molecular formula is C11H9Cl2N3OS. The molecule has 0 atom stereocenters. The molecule has 0 unspecified atom stereocenters. The lowest BCUT2D eigenvalue weighted by Crippen LogP contribution is -2.12. The highest BCUT2D eigenvalue weighted by molar-refractivity contribution is 7.13. The maximum absolute atomic E-state index is 11.9. The molecule has 3 N–H and O–H groups in total. The molecule has 1 heterocycles. The van der Waals surface area contributed by atoms with Crippen molar-refractivity contribution < 1.29 is 4.79 Å². The molecule has 1 aromatic carbocycles. The van der Waals surface area contributed by atoms with Gasteiger partial charge in [0.15, 0.2) is 5.13 Å². The maximum atomic E-state index is 11.9. The minimum Gasteiger partial charge on any atom is -0.396 e. The van der Waals surface area contributed by atoms with Gasteiger partial charge in [-0.2, -0.15) is 0 Å². The number of thiazole rings is 1. The number of nitrogen functional groups attached to an aromatic ring is 1. The number of carbonyl (C=O) groups is 1. The molecule has 18 heavy (non-hydrogen) atoms. The van der Waals surface area contributed by atoms with Crippen LogP contribution in [0.15, 0.2) is 17.5 Å². The number of nitrogens with zero attached hydrogens (tertiary/aromatic N) is 1. The molecule has 1 amide bonds. The summed E-state index contributed by atoms with van der Waals surface area (Å²) in [5.41, 5.74) is 7.06. The van der Waals surface area contributed by atoms with E-state index in [9.17, 15) is 4.79 Å². The molecule has 0 aliphatic rings. The third-order valence-corrected chi connectivity index (χ3v) is 3.68. The van der Waals surface area contributed by atoms with E-state index in [4.69, 9.17) is 28.9 Å². The van der Waals surface area contributed by atoms with Crippen molar-refractivity contribution in [1.82, 2.24) is 4.98 Å². The zero-order valence-electron chi connectivity index (χ0n) is 9.33. The van der Waals surface area contributed by atoms with Crippen LogP contribution in [0.2, 0.25) is 10.0 Å². The number of hydrogen-bond donors (Lipinski definition) is 2. The molecule has 0 radical (unpaired) electrons. The van der Waals surface area contributed by atoms with Crippen molar-refractivity contribution in [1.29, 1.82) is 0 Å². The van der Waals surface area contributed by atoms with E-state index in [-0.39, 0.29) is 21.6 Å². The molecule has 0 saturated heterocycles. The Morgan fingerprint density at radius 2 is 2.00 bits per heavy atom. The van der Waals surface area contributed by atoms with Crippen LogP contribution in [-0.4, -0.2) is 10.9 Å². The Kier molecular flexibility index (Phi) is 3.75. The fourth-order valence-electron chi connectivity index (χ4n) is 1.30. The number of anilines is 2. The number of halogens is 2. The summed E-state index contributed by atoms with van der Waals surface area (Å²) >= 11 is 13.1. The predicted octanol–water partition coefficient (Wildman–Crippen LogP) is 3.59. The van der Waals surface area contributed by atoms with Gasteiger partial charge >= 0.3 is 0 Å². The number of rotatable bonds is 2. The second-order valence-corrected chi connectivity index (χ2v) is 5.27. The van der Waals surface area contributed by atoms with Gasteiger partial charge in [0, 0.05) is 10.9 Å². The minimum absolute atomic E-state index is 0.253. The average molecular weight is 302 g/mol. The number of aromatic nitrogens is 1. The van der Waals surface area contributed by atoms with Gasteiger partial charge < -0.3 is 5.73 Å². The largest absolute Gasteiger partial charge is 0.396 e. The molecule has 94 valence electrons. The van der Waals surface area contributed by atoms with Gasteiger partial charge in [-0.3, -0.25) is 10.1 Å². The van der Waals surface area contributed by atoms with E-state index < -0.39 is 0 Å². The summed E-state index contributed by atoms with van der Waals surface area (Å²) in [4.78, 5) is 16.1. The van der Waals surface area contributed by atoms with Crippen molar-refractivity contribution in [3.63, 3.8) is 0 Å². The van der Waals surface area contributed by atoms with Gasteiger partial charge in [-0.15, -0.1) is 11.3 Å². The first-order valence-electron chi connectivity index (χ1n) is 4.95. The Hall–Kier alpha value is -1.30. The van der Waals surface area contributed by atoms with E-state index in [0.29, 0.717) is 10.7 Å². The normalized spacial score (nSPS) is 10.4. The summed E-state index contributed by atoms with van der Waals surface area (Å²) in [6, 6.07) is 2.94. The Morgan fingerprint density at radius 3 is 2.50 bits per heavy atom. The Labute approximate surface area is 118 Å². The molecule has 1 aromatic heterocycles. The van der Waals surface area contributed by atoms with E-state index in [1.165, 1.54) is 23.5 Å². The number of carbonyl (C=O) groups excluding carboxylic acids is 1. The van der Waals surface area contributed by atoms with Crippen molar-refractivity contribution in [2.75, 3.05) is 11.1 Å². The van der Waals surface area contributed by atoms with Gasteiger partial charge in [0.05, 0.1) is 21.4 Å². The Morgan fingerprint density at radius 1 is 1.39 bits per heavy atom. The van der Waals surface area contributed by atoms with Gasteiger partial charge in [0.2, 0.25) is 0 Å². The quantitative estimate of drug-likeness (QED) is 0.833. The summed E-state index contributed by atoms with van der Waals surface area (Å²) in [5, 5.41) is 5.54. The number of nitrogens with one attached hydrogen (secondary N) is 1. The SMILES string of the molecule is Cc1csc(NC(=O)c2cc(Cl)c(N)c(Cl)c2)n1. The topological polar surface area (TPSA) is 68.0 Å². The molecule has 2 aromatic rings. The first-order chi connectivity index (χ1) is 8.47. The second-order valence-electron chi connectivity index (χ2n) is 3.60. The first kappa shape index (κ1) is 13.1. The van der Waals surface area contributed by atoms with Crippen LogP contribution >= 0.6 is 34.5 Å². The molecule has 0 saturated carbocycles. The minimum atomic E-state index is -0.326. The van der Waals surface area contributed by atoms with Crippen LogP contribution in [0.5, 0.6) is 0 Å². The number of amides is 1. The average Bonchev–Trinajstić information content (AvgIpc) is 2.71. The summed E-state index contributed by atoms with van der Waals surface area (Å²) in [6.07, 6.45) is 0. The smallest absolute Gasteiger partial charge is 0.257 e. The summed E-state index contributed by atoms with van der Waals surface area (Å²) < 4.78 is 0. The Balaban J connectivity index is 2.24. The van der Waals surface area contributed by atoms with E-state index in [0.717, 1.165) is 5.69 Å².